The minimum atomic E-state index is -2.86. The van der Waals surface area contributed by atoms with Crippen LogP contribution in [0.3, 0.4) is 0 Å². The SMILES string of the molecule is CC1(C)C(O)CCN1C(=O)CCc1cccc(OC(F)F)c1. The first-order chi connectivity index (χ1) is 10.3. The van der Waals surface area contributed by atoms with Crippen molar-refractivity contribution < 1.29 is 23.4 Å². The first-order valence-electron chi connectivity index (χ1n) is 7.33. The van der Waals surface area contributed by atoms with Crippen LogP contribution in [0.5, 0.6) is 5.75 Å². The van der Waals surface area contributed by atoms with Gasteiger partial charge in [0.05, 0.1) is 11.6 Å². The lowest BCUT2D eigenvalue weighted by Gasteiger charge is -2.33. The summed E-state index contributed by atoms with van der Waals surface area (Å²) in [7, 11) is 0. The number of benzene rings is 1. The molecular weight excluding hydrogens is 292 g/mol. The largest absolute Gasteiger partial charge is 0.435 e. The lowest BCUT2D eigenvalue weighted by atomic mass is 9.98. The maximum atomic E-state index is 12.3. The van der Waals surface area contributed by atoms with Crippen molar-refractivity contribution in [2.45, 2.75) is 51.4 Å². The van der Waals surface area contributed by atoms with E-state index in [2.05, 4.69) is 4.74 Å². The van der Waals surface area contributed by atoms with Gasteiger partial charge in [0.25, 0.3) is 0 Å². The van der Waals surface area contributed by atoms with E-state index in [9.17, 15) is 18.7 Å². The summed E-state index contributed by atoms with van der Waals surface area (Å²) in [4.78, 5) is 14.0. The van der Waals surface area contributed by atoms with Crippen molar-refractivity contribution in [1.82, 2.24) is 4.90 Å². The van der Waals surface area contributed by atoms with Crippen LogP contribution in [0.15, 0.2) is 24.3 Å². The fourth-order valence-corrected chi connectivity index (χ4v) is 2.78. The third-order valence-corrected chi connectivity index (χ3v) is 4.19. The molecule has 1 aromatic carbocycles. The number of ether oxygens (including phenoxy) is 1. The number of rotatable bonds is 5. The number of alkyl halides is 2. The number of aliphatic hydroxyl groups is 1. The van der Waals surface area contributed by atoms with Gasteiger partial charge in [0.15, 0.2) is 0 Å². The standard InChI is InChI=1S/C16H21F2NO3/c1-16(2)13(20)8-9-19(16)14(21)7-6-11-4-3-5-12(10-11)22-15(17)18/h3-5,10,13,15,20H,6-9H2,1-2H3. The Hall–Kier alpha value is -1.69. The lowest BCUT2D eigenvalue weighted by molar-refractivity contribution is -0.136. The number of nitrogens with zero attached hydrogens (tertiary/aromatic N) is 1. The molecule has 1 aliphatic heterocycles. The Morgan fingerprint density at radius 2 is 2.23 bits per heavy atom. The molecule has 1 atom stereocenters. The molecule has 1 unspecified atom stereocenters. The molecule has 22 heavy (non-hydrogen) atoms. The van der Waals surface area contributed by atoms with Crippen LogP contribution in [0.1, 0.15) is 32.3 Å². The Kier molecular flexibility index (Phi) is 5.01. The molecule has 0 saturated carbocycles. The van der Waals surface area contributed by atoms with E-state index in [0.717, 1.165) is 5.56 Å². The predicted molar refractivity (Wildman–Crippen MR) is 77.8 cm³/mol. The number of aryl methyl sites for hydroxylation is 1. The number of likely N-dealkylation sites (tertiary alicyclic amines) is 1. The second kappa shape index (κ2) is 6.60. The van der Waals surface area contributed by atoms with Crippen LogP contribution in [0.4, 0.5) is 8.78 Å². The normalized spacial score (nSPS) is 20.5. The Bertz CT molecular complexity index is 534. The Morgan fingerprint density at radius 3 is 2.82 bits per heavy atom. The summed E-state index contributed by atoms with van der Waals surface area (Å²) in [5.41, 5.74) is 0.210. The molecule has 1 amide bonds. The maximum Gasteiger partial charge on any atom is 0.387 e. The summed E-state index contributed by atoms with van der Waals surface area (Å²) in [6, 6.07) is 6.37. The molecule has 0 radical (unpaired) electrons. The highest BCUT2D eigenvalue weighted by Crippen LogP contribution is 2.29. The number of carbonyl (C=O) groups is 1. The van der Waals surface area contributed by atoms with Crippen molar-refractivity contribution in [3.05, 3.63) is 29.8 Å². The van der Waals surface area contributed by atoms with E-state index in [1.807, 2.05) is 13.8 Å². The van der Waals surface area contributed by atoms with E-state index in [4.69, 9.17) is 0 Å². The average molecular weight is 313 g/mol. The molecule has 0 aliphatic carbocycles. The van der Waals surface area contributed by atoms with Crippen LogP contribution >= 0.6 is 0 Å². The molecule has 1 aliphatic rings. The van der Waals surface area contributed by atoms with Gasteiger partial charge >= 0.3 is 6.61 Å². The van der Waals surface area contributed by atoms with Crippen molar-refractivity contribution in [3.63, 3.8) is 0 Å². The molecule has 0 aromatic heterocycles. The van der Waals surface area contributed by atoms with E-state index in [1.165, 1.54) is 12.1 Å². The average Bonchev–Trinajstić information content (AvgIpc) is 2.70. The maximum absolute atomic E-state index is 12.3. The second-order valence-corrected chi connectivity index (χ2v) is 6.03. The zero-order valence-electron chi connectivity index (χ0n) is 12.8. The lowest BCUT2D eigenvalue weighted by Crippen LogP contribution is -2.48. The Morgan fingerprint density at radius 1 is 1.50 bits per heavy atom. The highest BCUT2D eigenvalue weighted by molar-refractivity contribution is 5.77. The highest BCUT2D eigenvalue weighted by Gasteiger charge is 2.42. The first kappa shape index (κ1) is 16.7. The zero-order valence-corrected chi connectivity index (χ0v) is 12.8. The van der Waals surface area contributed by atoms with Crippen LogP contribution in [-0.2, 0) is 11.2 Å². The van der Waals surface area contributed by atoms with Crippen LogP contribution in [0, 0.1) is 0 Å². The molecule has 1 saturated heterocycles. The van der Waals surface area contributed by atoms with Crippen LogP contribution < -0.4 is 4.74 Å². The quantitative estimate of drug-likeness (QED) is 0.909. The van der Waals surface area contributed by atoms with Crippen molar-refractivity contribution in [2.75, 3.05) is 6.54 Å². The summed E-state index contributed by atoms with van der Waals surface area (Å²) in [6.45, 7) is 1.38. The Balaban J connectivity index is 1.94. The smallest absolute Gasteiger partial charge is 0.387 e. The van der Waals surface area contributed by atoms with E-state index in [0.29, 0.717) is 19.4 Å². The third-order valence-electron chi connectivity index (χ3n) is 4.19. The molecule has 1 heterocycles. The molecule has 1 aromatic rings. The zero-order chi connectivity index (χ0) is 16.3. The van der Waals surface area contributed by atoms with Crippen molar-refractivity contribution in [3.8, 4) is 5.75 Å². The number of hydrogen-bond acceptors (Lipinski definition) is 3. The fourth-order valence-electron chi connectivity index (χ4n) is 2.78. The number of carbonyl (C=O) groups excluding carboxylic acids is 1. The molecular formula is C16H21F2NO3. The van der Waals surface area contributed by atoms with Gasteiger partial charge in [-0.25, -0.2) is 0 Å². The summed E-state index contributed by atoms with van der Waals surface area (Å²) < 4.78 is 28.7. The molecule has 1 N–H and O–H groups in total. The van der Waals surface area contributed by atoms with Gasteiger partial charge in [-0.15, -0.1) is 0 Å². The second-order valence-electron chi connectivity index (χ2n) is 6.03. The molecule has 1 fully saturated rings. The summed E-state index contributed by atoms with van der Waals surface area (Å²) in [5.74, 6) is 0.0543. The van der Waals surface area contributed by atoms with Crippen molar-refractivity contribution in [2.24, 2.45) is 0 Å². The van der Waals surface area contributed by atoms with Crippen LogP contribution in [-0.4, -0.2) is 40.7 Å². The van der Waals surface area contributed by atoms with E-state index in [-0.39, 0.29) is 18.1 Å². The van der Waals surface area contributed by atoms with Gasteiger partial charge in [0, 0.05) is 13.0 Å². The minimum absolute atomic E-state index is 0.0401. The first-order valence-corrected chi connectivity index (χ1v) is 7.33. The van der Waals surface area contributed by atoms with Gasteiger partial charge in [-0.1, -0.05) is 12.1 Å². The van der Waals surface area contributed by atoms with Gasteiger partial charge in [0.2, 0.25) is 5.91 Å². The molecule has 0 bridgehead atoms. The van der Waals surface area contributed by atoms with E-state index >= 15 is 0 Å². The molecule has 2 rings (SSSR count). The topological polar surface area (TPSA) is 49.8 Å². The number of hydrogen-bond donors (Lipinski definition) is 1. The van der Waals surface area contributed by atoms with Crippen molar-refractivity contribution >= 4 is 5.91 Å². The summed E-state index contributed by atoms with van der Waals surface area (Å²) >= 11 is 0. The van der Waals surface area contributed by atoms with Gasteiger partial charge in [-0.3, -0.25) is 4.79 Å². The third kappa shape index (κ3) is 3.74. The predicted octanol–water partition coefficient (Wildman–Crippen LogP) is 2.59. The fraction of sp³-hybridized carbons (Fsp3) is 0.562. The molecule has 122 valence electrons. The van der Waals surface area contributed by atoms with Crippen LogP contribution in [0.2, 0.25) is 0 Å². The summed E-state index contributed by atoms with van der Waals surface area (Å²) in [6.07, 6.45) is 0.784. The highest BCUT2D eigenvalue weighted by atomic mass is 19.3. The number of halogens is 2. The molecule has 0 spiro atoms. The van der Waals surface area contributed by atoms with Gasteiger partial charge < -0.3 is 14.7 Å². The van der Waals surface area contributed by atoms with E-state index < -0.39 is 18.3 Å². The molecule has 4 nitrogen and oxygen atoms in total. The van der Waals surface area contributed by atoms with Gasteiger partial charge in [-0.2, -0.15) is 8.78 Å². The minimum Gasteiger partial charge on any atom is -0.435 e. The van der Waals surface area contributed by atoms with Crippen molar-refractivity contribution in [1.29, 1.82) is 0 Å². The number of aliphatic hydroxyl groups excluding tert-OH is 1. The molecule has 6 heteroatoms. The van der Waals surface area contributed by atoms with Gasteiger partial charge in [0.1, 0.15) is 5.75 Å². The monoisotopic (exact) mass is 313 g/mol. The van der Waals surface area contributed by atoms with E-state index in [1.54, 1.807) is 17.0 Å². The van der Waals surface area contributed by atoms with Crippen LogP contribution in [0.25, 0.3) is 0 Å². The Labute approximate surface area is 128 Å². The summed E-state index contributed by atoms with van der Waals surface area (Å²) in [5, 5.41) is 9.90. The number of amides is 1. The van der Waals surface area contributed by atoms with Gasteiger partial charge in [-0.05, 0) is 44.4 Å².